The molecule has 5 nitrogen and oxygen atoms in total. The Morgan fingerprint density at radius 3 is 2.59 bits per heavy atom. The fourth-order valence-corrected chi connectivity index (χ4v) is 4.82. The van der Waals surface area contributed by atoms with E-state index in [-0.39, 0.29) is 6.04 Å². The summed E-state index contributed by atoms with van der Waals surface area (Å²) >= 11 is 0. The Morgan fingerprint density at radius 1 is 1.11 bits per heavy atom. The smallest absolute Gasteiger partial charge is 0.240 e. The van der Waals surface area contributed by atoms with Crippen molar-refractivity contribution in [2.75, 3.05) is 13.1 Å². The summed E-state index contributed by atoms with van der Waals surface area (Å²) in [4.78, 5) is 2.63. The SMILES string of the molecule is Cc1cccc(S(=O)(=O)NC2CCN(Cc3ccc(OC4CC4)cc3)C2)c1. The van der Waals surface area contributed by atoms with Gasteiger partial charge in [0.1, 0.15) is 5.75 Å². The van der Waals surface area contributed by atoms with Crippen LogP contribution < -0.4 is 9.46 Å². The number of nitrogens with zero attached hydrogens (tertiary/aromatic N) is 1. The molecule has 1 saturated carbocycles. The Kier molecular flexibility index (Phi) is 5.21. The number of hydrogen-bond donors (Lipinski definition) is 1. The second-order valence-corrected chi connectivity index (χ2v) is 9.33. The average molecular weight is 387 g/mol. The summed E-state index contributed by atoms with van der Waals surface area (Å²) in [7, 11) is -3.47. The molecule has 2 aromatic carbocycles. The highest BCUT2D eigenvalue weighted by atomic mass is 32.2. The first-order chi connectivity index (χ1) is 13.0. The van der Waals surface area contributed by atoms with Crippen LogP contribution in [-0.4, -0.2) is 38.6 Å². The van der Waals surface area contributed by atoms with Crippen LogP contribution in [0.1, 0.15) is 30.4 Å². The third-order valence-corrected chi connectivity index (χ3v) is 6.57. The summed E-state index contributed by atoms with van der Waals surface area (Å²) < 4.78 is 33.8. The van der Waals surface area contributed by atoms with Crippen molar-refractivity contribution in [3.8, 4) is 5.75 Å². The van der Waals surface area contributed by atoms with Crippen molar-refractivity contribution in [3.63, 3.8) is 0 Å². The van der Waals surface area contributed by atoms with Gasteiger partial charge in [-0.2, -0.15) is 0 Å². The predicted molar refractivity (Wildman–Crippen MR) is 105 cm³/mol. The van der Waals surface area contributed by atoms with Crippen LogP contribution in [0.15, 0.2) is 53.4 Å². The number of hydrogen-bond acceptors (Lipinski definition) is 4. The van der Waals surface area contributed by atoms with Crippen molar-refractivity contribution >= 4 is 10.0 Å². The summed E-state index contributed by atoms with van der Waals surface area (Å²) in [5.41, 5.74) is 2.17. The van der Waals surface area contributed by atoms with Gasteiger partial charge in [0.05, 0.1) is 11.0 Å². The molecule has 2 aliphatic rings. The normalized spacial score (nSPS) is 20.7. The van der Waals surface area contributed by atoms with E-state index in [0.29, 0.717) is 11.0 Å². The molecule has 2 aromatic rings. The van der Waals surface area contributed by atoms with Crippen LogP contribution in [0.4, 0.5) is 0 Å². The van der Waals surface area contributed by atoms with E-state index in [1.54, 1.807) is 18.2 Å². The molecule has 0 aromatic heterocycles. The molecule has 1 saturated heterocycles. The Balaban J connectivity index is 1.31. The molecule has 0 spiro atoms. The zero-order valence-electron chi connectivity index (χ0n) is 15.6. The van der Waals surface area contributed by atoms with Gasteiger partial charge in [-0.15, -0.1) is 0 Å². The van der Waals surface area contributed by atoms with E-state index in [1.807, 2.05) is 25.1 Å². The standard InChI is InChI=1S/C21H26N2O3S/c1-16-3-2-4-21(13-16)27(24,25)22-18-11-12-23(15-18)14-17-5-7-19(8-6-17)26-20-9-10-20/h2-8,13,18,20,22H,9-12,14-15H2,1H3. The molecule has 0 amide bonds. The van der Waals surface area contributed by atoms with Crippen molar-refractivity contribution < 1.29 is 13.2 Å². The lowest BCUT2D eigenvalue weighted by Gasteiger charge is -2.17. The summed E-state index contributed by atoms with van der Waals surface area (Å²) in [6, 6.07) is 15.2. The molecule has 144 valence electrons. The third-order valence-electron chi connectivity index (χ3n) is 5.05. The Hall–Kier alpha value is -1.89. The topological polar surface area (TPSA) is 58.6 Å². The fraction of sp³-hybridized carbons (Fsp3) is 0.429. The van der Waals surface area contributed by atoms with Gasteiger partial charge in [0, 0.05) is 25.7 Å². The van der Waals surface area contributed by atoms with Crippen molar-refractivity contribution in [1.29, 1.82) is 0 Å². The van der Waals surface area contributed by atoms with E-state index in [0.717, 1.165) is 50.2 Å². The lowest BCUT2D eigenvalue weighted by Crippen LogP contribution is -2.37. The highest BCUT2D eigenvalue weighted by Gasteiger charge is 2.27. The zero-order valence-corrected chi connectivity index (χ0v) is 16.4. The number of benzene rings is 2. The van der Waals surface area contributed by atoms with Crippen LogP contribution in [0.2, 0.25) is 0 Å². The van der Waals surface area contributed by atoms with Gasteiger partial charge in [-0.25, -0.2) is 13.1 Å². The van der Waals surface area contributed by atoms with Gasteiger partial charge in [-0.1, -0.05) is 24.3 Å². The van der Waals surface area contributed by atoms with E-state index in [4.69, 9.17) is 4.74 Å². The van der Waals surface area contributed by atoms with Crippen molar-refractivity contribution in [1.82, 2.24) is 9.62 Å². The summed E-state index contributed by atoms with van der Waals surface area (Å²) in [5, 5.41) is 0. The van der Waals surface area contributed by atoms with Crippen LogP contribution in [-0.2, 0) is 16.6 Å². The molecule has 1 aliphatic heterocycles. The van der Waals surface area contributed by atoms with Crippen molar-refractivity contribution in [2.24, 2.45) is 0 Å². The predicted octanol–water partition coefficient (Wildman–Crippen LogP) is 3.09. The average Bonchev–Trinajstić information content (AvgIpc) is 3.35. The van der Waals surface area contributed by atoms with Crippen molar-refractivity contribution in [2.45, 2.75) is 49.8 Å². The van der Waals surface area contributed by atoms with Crippen LogP contribution >= 0.6 is 0 Å². The maximum absolute atomic E-state index is 12.6. The molecule has 1 unspecified atom stereocenters. The van der Waals surface area contributed by atoms with Crippen molar-refractivity contribution in [3.05, 3.63) is 59.7 Å². The molecule has 1 heterocycles. The number of aryl methyl sites for hydroxylation is 1. The van der Waals surface area contributed by atoms with E-state index in [2.05, 4.69) is 21.8 Å². The van der Waals surface area contributed by atoms with E-state index in [9.17, 15) is 8.42 Å². The third kappa shape index (κ3) is 4.89. The summed E-state index contributed by atoms with van der Waals surface area (Å²) in [6.45, 7) is 4.34. The second kappa shape index (κ2) is 7.62. The number of sulfonamides is 1. The molecule has 1 aliphatic carbocycles. The molecule has 6 heteroatoms. The lowest BCUT2D eigenvalue weighted by atomic mass is 10.2. The number of ether oxygens (including phenoxy) is 1. The highest BCUT2D eigenvalue weighted by Crippen LogP contribution is 2.27. The van der Waals surface area contributed by atoms with Crippen LogP contribution in [0.25, 0.3) is 0 Å². The minimum atomic E-state index is -3.47. The molecular formula is C21H26N2O3S. The van der Waals surface area contributed by atoms with Gasteiger partial charge in [-0.3, -0.25) is 4.90 Å². The van der Waals surface area contributed by atoms with Gasteiger partial charge in [0.15, 0.2) is 0 Å². The molecular weight excluding hydrogens is 360 g/mol. The number of nitrogens with one attached hydrogen (secondary N) is 1. The monoisotopic (exact) mass is 386 g/mol. The van der Waals surface area contributed by atoms with Gasteiger partial charge in [0.2, 0.25) is 10.0 Å². The Morgan fingerprint density at radius 2 is 1.89 bits per heavy atom. The van der Waals surface area contributed by atoms with Gasteiger partial charge in [-0.05, 0) is 61.6 Å². The Bertz CT molecular complexity index is 892. The maximum Gasteiger partial charge on any atom is 0.240 e. The lowest BCUT2D eigenvalue weighted by molar-refractivity contribution is 0.302. The zero-order chi connectivity index (χ0) is 18.9. The summed E-state index contributed by atoms with van der Waals surface area (Å²) in [6.07, 6.45) is 3.56. The minimum absolute atomic E-state index is 0.0482. The molecule has 27 heavy (non-hydrogen) atoms. The van der Waals surface area contributed by atoms with E-state index < -0.39 is 10.0 Å². The first kappa shape index (κ1) is 18.5. The maximum atomic E-state index is 12.6. The number of likely N-dealkylation sites (tertiary alicyclic amines) is 1. The summed E-state index contributed by atoms with van der Waals surface area (Å²) in [5.74, 6) is 0.937. The largest absolute Gasteiger partial charge is 0.490 e. The number of rotatable bonds is 7. The highest BCUT2D eigenvalue weighted by molar-refractivity contribution is 7.89. The molecule has 4 rings (SSSR count). The van der Waals surface area contributed by atoms with Crippen LogP contribution in [0, 0.1) is 6.92 Å². The quantitative estimate of drug-likeness (QED) is 0.794. The van der Waals surface area contributed by atoms with Crippen LogP contribution in [0.3, 0.4) is 0 Å². The van der Waals surface area contributed by atoms with Gasteiger partial charge < -0.3 is 4.74 Å². The van der Waals surface area contributed by atoms with Crippen LogP contribution in [0.5, 0.6) is 5.75 Å². The molecule has 2 fully saturated rings. The van der Waals surface area contributed by atoms with E-state index in [1.165, 1.54) is 5.56 Å². The Labute approximate surface area is 161 Å². The molecule has 0 radical (unpaired) electrons. The molecule has 0 bridgehead atoms. The fourth-order valence-electron chi connectivity index (χ4n) is 3.45. The minimum Gasteiger partial charge on any atom is -0.490 e. The van der Waals surface area contributed by atoms with Gasteiger partial charge >= 0.3 is 0 Å². The first-order valence-electron chi connectivity index (χ1n) is 9.55. The molecule has 1 atom stereocenters. The van der Waals surface area contributed by atoms with Gasteiger partial charge in [0.25, 0.3) is 0 Å². The second-order valence-electron chi connectivity index (χ2n) is 7.62. The first-order valence-corrected chi connectivity index (χ1v) is 11.0. The molecule has 1 N–H and O–H groups in total. The van der Waals surface area contributed by atoms with E-state index >= 15 is 0 Å².